The van der Waals surface area contributed by atoms with E-state index < -0.39 is 11.4 Å². The molecule has 2 aromatic rings. The number of ether oxygens (including phenoxy) is 1. The normalized spacial score (nSPS) is 19.8. The van der Waals surface area contributed by atoms with Gasteiger partial charge in [0.1, 0.15) is 5.76 Å². The van der Waals surface area contributed by atoms with Gasteiger partial charge in [-0.25, -0.2) is 0 Å². The average molecular weight is 371 g/mol. The minimum atomic E-state index is -0.888. The molecule has 2 heterocycles. The Morgan fingerprint density at radius 1 is 1.26 bits per heavy atom. The molecule has 1 fully saturated rings. The van der Waals surface area contributed by atoms with Crippen LogP contribution in [-0.2, 0) is 9.53 Å². The summed E-state index contributed by atoms with van der Waals surface area (Å²) in [7, 11) is 1.61. The molecule has 0 spiro atoms. The van der Waals surface area contributed by atoms with E-state index in [1.54, 1.807) is 30.4 Å². The Labute approximate surface area is 158 Å². The first-order chi connectivity index (χ1) is 13.1. The Balaban J connectivity index is 1.72. The van der Waals surface area contributed by atoms with Gasteiger partial charge >= 0.3 is 5.97 Å². The highest BCUT2D eigenvalue weighted by Gasteiger charge is 2.43. The number of carbonyl (C=O) groups is 2. The molecule has 144 valence electrons. The van der Waals surface area contributed by atoms with Crippen molar-refractivity contribution in [2.45, 2.75) is 25.7 Å². The van der Waals surface area contributed by atoms with Crippen LogP contribution in [0.3, 0.4) is 0 Å². The smallest absolute Gasteiger partial charge is 0.311 e. The van der Waals surface area contributed by atoms with Gasteiger partial charge in [0.15, 0.2) is 0 Å². The van der Waals surface area contributed by atoms with Gasteiger partial charge in [0, 0.05) is 37.9 Å². The minimum absolute atomic E-state index is 0.127. The summed E-state index contributed by atoms with van der Waals surface area (Å²) < 4.78 is 10.4. The third-order valence-corrected chi connectivity index (χ3v) is 5.26. The molecule has 6 heteroatoms. The van der Waals surface area contributed by atoms with E-state index in [9.17, 15) is 14.7 Å². The molecule has 1 unspecified atom stereocenters. The van der Waals surface area contributed by atoms with E-state index in [4.69, 9.17) is 9.15 Å². The Bertz CT molecular complexity index is 768. The summed E-state index contributed by atoms with van der Waals surface area (Å²) >= 11 is 0. The molecule has 1 atom stereocenters. The van der Waals surface area contributed by atoms with Crippen LogP contribution in [0.1, 0.15) is 36.0 Å². The predicted octanol–water partition coefficient (Wildman–Crippen LogP) is 3.68. The maximum absolute atomic E-state index is 12.9. The zero-order valence-corrected chi connectivity index (χ0v) is 15.5. The molecule has 0 saturated carbocycles. The highest BCUT2D eigenvalue weighted by atomic mass is 16.5. The number of nitrogens with zero attached hydrogens (tertiary/aromatic N) is 1. The van der Waals surface area contributed by atoms with Crippen molar-refractivity contribution < 1.29 is 23.8 Å². The molecular formula is C21H25NO5. The van der Waals surface area contributed by atoms with Gasteiger partial charge < -0.3 is 19.2 Å². The highest BCUT2D eigenvalue weighted by molar-refractivity contribution is 5.95. The first-order valence-electron chi connectivity index (χ1n) is 9.21. The van der Waals surface area contributed by atoms with Gasteiger partial charge in [-0.15, -0.1) is 0 Å². The van der Waals surface area contributed by atoms with Crippen LogP contribution in [0.25, 0.3) is 11.3 Å². The number of aliphatic carboxylic acids is 1. The molecular weight excluding hydrogens is 346 g/mol. The highest BCUT2D eigenvalue weighted by Crippen LogP contribution is 2.36. The number of hydrogen-bond acceptors (Lipinski definition) is 4. The lowest BCUT2D eigenvalue weighted by molar-refractivity contribution is -0.152. The van der Waals surface area contributed by atoms with E-state index in [1.165, 1.54) is 0 Å². The van der Waals surface area contributed by atoms with Gasteiger partial charge in [-0.3, -0.25) is 9.59 Å². The van der Waals surface area contributed by atoms with Crippen molar-refractivity contribution in [1.82, 2.24) is 4.90 Å². The molecule has 1 N–H and O–H groups in total. The first-order valence-corrected chi connectivity index (χ1v) is 9.21. The lowest BCUT2D eigenvalue weighted by atomic mass is 9.76. The standard InChI is InChI=1S/C21H25NO5/c1-26-13-4-11-21(20(24)25)10-3-12-22(15-21)19(23)17-8-6-16(7-9-17)18-5-2-14-27-18/h2,5-9,14H,3-4,10-13,15H2,1H3,(H,24,25). The van der Waals surface area contributed by atoms with Crippen LogP contribution in [0.15, 0.2) is 47.1 Å². The zero-order chi connectivity index (χ0) is 19.3. The molecule has 0 radical (unpaired) electrons. The topological polar surface area (TPSA) is 80.0 Å². The monoisotopic (exact) mass is 371 g/mol. The fourth-order valence-corrected chi connectivity index (χ4v) is 3.75. The number of carboxylic acid groups (broad SMARTS) is 1. The molecule has 1 aromatic heterocycles. The number of rotatable bonds is 7. The number of benzene rings is 1. The fourth-order valence-electron chi connectivity index (χ4n) is 3.75. The van der Waals surface area contributed by atoms with Crippen LogP contribution in [0.5, 0.6) is 0 Å². The van der Waals surface area contributed by atoms with Crippen LogP contribution in [0.4, 0.5) is 0 Å². The van der Waals surface area contributed by atoms with E-state index in [0.29, 0.717) is 44.4 Å². The maximum Gasteiger partial charge on any atom is 0.311 e. The van der Waals surface area contributed by atoms with E-state index in [-0.39, 0.29) is 12.5 Å². The molecule has 0 bridgehead atoms. The number of carboxylic acids is 1. The van der Waals surface area contributed by atoms with Crippen molar-refractivity contribution in [2.75, 3.05) is 26.8 Å². The minimum Gasteiger partial charge on any atom is -0.481 e. The van der Waals surface area contributed by atoms with Gasteiger partial charge in [0.25, 0.3) is 5.91 Å². The van der Waals surface area contributed by atoms with Crippen LogP contribution in [-0.4, -0.2) is 48.7 Å². The summed E-state index contributed by atoms with van der Waals surface area (Å²) in [6, 6.07) is 10.9. The molecule has 1 amide bonds. The predicted molar refractivity (Wildman–Crippen MR) is 100 cm³/mol. The SMILES string of the molecule is COCCCC1(C(=O)O)CCCN(C(=O)c2ccc(-c3ccco3)cc2)C1. The maximum atomic E-state index is 12.9. The van der Waals surface area contributed by atoms with Crippen LogP contribution in [0, 0.1) is 5.41 Å². The van der Waals surface area contributed by atoms with Crippen molar-refractivity contribution in [3.8, 4) is 11.3 Å². The quantitative estimate of drug-likeness (QED) is 0.751. The van der Waals surface area contributed by atoms with E-state index in [2.05, 4.69) is 0 Å². The van der Waals surface area contributed by atoms with E-state index >= 15 is 0 Å². The number of hydrogen-bond donors (Lipinski definition) is 1. The lowest BCUT2D eigenvalue weighted by Crippen LogP contribution is -2.50. The average Bonchev–Trinajstić information content (AvgIpc) is 3.23. The van der Waals surface area contributed by atoms with E-state index in [1.807, 2.05) is 24.3 Å². The van der Waals surface area contributed by atoms with Crippen molar-refractivity contribution in [3.63, 3.8) is 0 Å². The van der Waals surface area contributed by atoms with Crippen molar-refractivity contribution in [3.05, 3.63) is 48.2 Å². The number of likely N-dealkylation sites (tertiary alicyclic amines) is 1. The van der Waals surface area contributed by atoms with Crippen molar-refractivity contribution in [2.24, 2.45) is 5.41 Å². The van der Waals surface area contributed by atoms with Gasteiger partial charge in [-0.2, -0.15) is 0 Å². The second kappa shape index (κ2) is 8.39. The lowest BCUT2D eigenvalue weighted by Gasteiger charge is -2.40. The van der Waals surface area contributed by atoms with Gasteiger partial charge in [0.2, 0.25) is 0 Å². The molecule has 1 saturated heterocycles. The molecule has 0 aliphatic carbocycles. The van der Waals surface area contributed by atoms with Gasteiger partial charge in [-0.05, 0) is 49.9 Å². The first kappa shape index (κ1) is 19.2. The summed E-state index contributed by atoms with van der Waals surface area (Å²) in [4.78, 5) is 26.6. The van der Waals surface area contributed by atoms with Crippen molar-refractivity contribution >= 4 is 11.9 Å². The van der Waals surface area contributed by atoms with E-state index in [0.717, 1.165) is 11.3 Å². The largest absolute Gasteiger partial charge is 0.481 e. The number of furan rings is 1. The third kappa shape index (κ3) is 4.22. The van der Waals surface area contributed by atoms with Crippen LogP contribution < -0.4 is 0 Å². The second-order valence-corrected chi connectivity index (χ2v) is 7.07. The van der Waals surface area contributed by atoms with Gasteiger partial charge in [0.05, 0.1) is 11.7 Å². The Hall–Kier alpha value is -2.60. The number of methoxy groups -OCH3 is 1. The summed E-state index contributed by atoms with van der Waals surface area (Å²) in [5.74, 6) is -0.211. The summed E-state index contributed by atoms with van der Waals surface area (Å²) in [6.45, 7) is 1.35. The number of amides is 1. The van der Waals surface area contributed by atoms with Crippen LogP contribution >= 0.6 is 0 Å². The molecule has 27 heavy (non-hydrogen) atoms. The second-order valence-electron chi connectivity index (χ2n) is 7.07. The molecule has 3 rings (SSSR count). The summed E-state index contributed by atoms with van der Waals surface area (Å²) in [6.07, 6.45) is 4.07. The summed E-state index contributed by atoms with van der Waals surface area (Å²) in [5, 5.41) is 9.81. The third-order valence-electron chi connectivity index (χ3n) is 5.26. The van der Waals surface area contributed by atoms with Gasteiger partial charge in [-0.1, -0.05) is 12.1 Å². The Kier molecular flexibility index (Phi) is 5.96. The molecule has 1 aliphatic rings. The molecule has 1 aromatic carbocycles. The molecule has 1 aliphatic heterocycles. The fraction of sp³-hybridized carbons (Fsp3) is 0.429. The molecule has 6 nitrogen and oxygen atoms in total. The summed E-state index contributed by atoms with van der Waals surface area (Å²) in [5.41, 5.74) is 0.568. The van der Waals surface area contributed by atoms with Crippen LogP contribution in [0.2, 0.25) is 0 Å². The number of piperidine rings is 1. The zero-order valence-electron chi connectivity index (χ0n) is 15.5. The Morgan fingerprint density at radius 2 is 2.04 bits per heavy atom. The number of carbonyl (C=O) groups excluding carboxylic acids is 1. The Morgan fingerprint density at radius 3 is 2.67 bits per heavy atom. The van der Waals surface area contributed by atoms with Crippen molar-refractivity contribution in [1.29, 1.82) is 0 Å².